The van der Waals surface area contributed by atoms with Gasteiger partial charge in [-0.3, -0.25) is 4.79 Å². The molecule has 0 heterocycles. The Hall–Kier alpha value is -0.830. The molecule has 0 radical (unpaired) electrons. The fourth-order valence-electron chi connectivity index (χ4n) is 3.15. The highest BCUT2D eigenvalue weighted by Gasteiger charge is 2.34. The number of carbonyl (C=O) groups excluding carboxylic acids is 1. The number of carbonyl (C=O) groups is 1. The summed E-state index contributed by atoms with van der Waals surface area (Å²) in [6.07, 6.45) is 8.14. The molecule has 0 saturated heterocycles. The molecule has 1 fully saturated rings. The summed E-state index contributed by atoms with van der Waals surface area (Å²) >= 11 is 0. The van der Waals surface area contributed by atoms with Crippen LogP contribution in [0, 0.1) is 23.7 Å². The summed E-state index contributed by atoms with van der Waals surface area (Å²) in [5.41, 5.74) is 0. The van der Waals surface area contributed by atoms with Gasteiger partial charge in [0, 0.05) is 19.5 Å². The van der Waals surface area contributed by atoms with Crippen LogP contribution in [-0.4, -0.2) is 25.5 Å². The fraction of sp³-hybridized carbons (Fsp3) is 0.800. The first-order valence-electron chi connectivity index (χ1n) is 7.31. The lowest BCUT2D eigenvalue weighted by Gasteiger charge is -2.18. The van der Waals surface area contributed by atoms with E-state index in [0.717, 1.165) is 37.4 Å². The van der Waals surface area contributed by atoms with E-state index >= 15 is 0 Å². The van der Waals surface area contributed by atoms with Gasteiger partial charge in [0.25, 0.3) is 0 Å². The lowest BCUT2D eigenvalue weighted by molar-refractivity contribution is -0.121. The lowest BCUT2D eigenvalue weighted by Crippen LogP contribution is -2.34. The van der Waals surface area contributed by atoms with Crippen LogP contribution in [0.2, 0.25) is 0 Å². The maximum atomic E-state index is 11.4. The van der Waals surface area contributed by atoms with Crippen molar-refractivity contribution in [3.63, 3.8) is 0 Å². The third-order valence-electron chi connectivity index (χ3n) is 4.04. The largest absolute Gasteiger partial charge is 0.355 e. The van der Waals surface area contributed by atoms with Gasteiger partial charge in [-0.15, -0.1) is 0 Å². The quantitative estimate of drug-likeness (QED) is 0.535. The lowest BCUT2D eigenvalue weighted by atomic mass is 9.94. The van der Waals surface area contributed by atoms with Crippen LogP contribution in [0.25, 0.3) is 0 Å². The van der Waals surface area contributed by atoms with E-state index in [1.165, 1.54) is 12.8 Å². The van der Waals surface area contributed by atoms with Gasteiger partial charge in [0.2, 0.25) is 5.91 Å². The average Bonchev–Trinajstić information content (AvgIpc) is 2.89. The zero-order chi connectivity index (χ0) is 13.0. The smallest absolute Gasteiger partial charge is 0.220 e. The second-order valence-corrected chi connectivity index (χ2v) is 6.19. The molecule has 18 heavy (non-hydrogen) atoms. The molecule has 0 aromatic rings. The van der Waals surface area contributed by atoms with E-state index in [1.54, 1.807) is 0 Å². The number of hydrogen-bond donors (Lipinski definition) is 2. The van der Waals surface area contributed by atoms with Crippen LogP contribution in [0.15, 0.2) is 12.2 Å². The van der Waals surface area contributed by atoms with Gasteiger partial charge >= 0.3 is 0 Å². The van der Waals surface area contributed by atoms with Crippen molar-refractivity contribution in [2.45, 2.75) is 33.1 Å². The zero-order valence-electron chi connectivity index (χ0n) is 11.6. The van der Waals surface area contributed by atoms with Crippen molar-refractivity contribution < 1.29 is 4.79 Å². The average molecular weight is 250 g/mol. The minimum atomic E-state index is 0.176. The number of fused-ring (bicyclic) bond motifs is 2. The summed E-state index contributed by atoms with van der Waals surface area (Å²) < 4.78 is 0. The van der Waals surface area contributed by atoms with Crippen LogP contribution in [0.5, 0.6) is 0 Å². The molecule has 0 aromatic carbocycles. The van der Waals surface area contributed by atoms with Crippen molar-refractivity contribution in [1.29, 1.82) is 0 Å². The minimum Gasteiger partial charge on any atom is -0.355 e. The van der Waals surface area contributed by atoms with Gasteiger partial charge in [-0.05, 0) is 43.1 Å². The van der Waals surface area contributed by atoms with Crippen LogP contribution < -0.4 is 10.6 Å². The Kier molecular flexibility index (Phi) is 4.81. The molecule has 102 valence electrons. The number of allylic oxidation sites excluding steroid dienone is 2. The standard InChI is InChI=1S/C15H26N2O/c1-11(2)7-15(18)17-6-5-16-10-14-9-12-3-4-13(14)8-12/h3-4,11-14,16H,5-10H2,1-2H3,(H,17,18). The van der Waals surface area contributed by atoms with Gasteiger partial charge in [-0.2, -0.15) is 0 Å². The SMILES string of the molecule is CC(C)CC(=O)NCCNCC1CC2C=CC1C2. The van der Waals surface area contributed by atoms with Crippen LogP contribution >= 0.6 is 0 Å². The van der Waals surface area contributed by atoms with Crippen molar-refractivity contribution in [2.24, 2.45) is 23.7 Å². The fourth-order valence-corrected chi connectivity index (χ4v) is 3.15. The third kappa shape index (κ3) is 3.84. The highest BCUT2D eigenvalue weighted by Crippen LogP contribution is 2.42. The maximum absolute atomic E-state index is 11.4. The molecule has 0 aromatic heterocycles. The second-order valence-electron chi connectivity index (χ2n) is 6.19. The predicted octanol–water partition coefficient (Wildman–Crippen LogP) is 1.95. The zero-order valence-corrected chi connectivity index (χ0v) is 11.6. The van der Waals surface area contributed by atoms with Gasteiger partial charge < -0.3 is 10.6 Å². The second kappa shape index (κ2) is 6.37. The van der Waals surface area contributed by atoms with E-state index in [1.807, 2.05) is 0 Å². The summed E-state index contributed by atoms with van der Waals surface area (Å²) in [5.74, 6) is 3.12. The molecule has 3 nitrogen and oxygen atoms in total. The molecule has 2 N–H and O–H groups in total. The van der Waals surface area contributed by atoms with Crippen molar-refractivity contribution in [3.05, 3.63) is 12.2 Å². The number of rotatable bonds is 7. The van der Waals surface area contributed by atoms with Crippen molar-refractivity contribution >= 4 is 5.91 Å². The number of amides is 1. The summed E-state index contributed by atoms with van der Waals surface area (Å²) in [5, 5.41) is 6.43. The first kappa shape index (κ1) is 13.6. The Balaban J connectivity index is 1.49. The Bertz CT molecular complexity index is 312. The van der Waals surface area contributed by atoms with Crippen LogP contribution in [0.4, 0.5) is 0 Å². The van der Waals surface area contributed by atoms with Crippen molar-refractivity contribution in [3.8, 4) is 0 Å². The Morgan fingerprint density at radius 1 is 1.28 bits per heavy atom. The topological polar surface area (TPSA) is 41.1 Å². The number of nitrogens with one attached hydrogen (secondary N) is 2. The van der Waals surface area contributed by atoms with E-state index < -0.39 is 0 Å². The molecule has 1 amide bonds. The van der Waals surface area contributed by atoms with Gasteiger partial charge in [0.15, 0.2) is 0 Å². The molecule has 0 spiro atoms. The van der Waals surface area contributed by atoms with E-state index in [4.69, 9.17) is 0 Å². The molecular formula is C15H26N2O. The molecule has 3 unspecified atom stereocenters. The van der Waals surface area contributed by atoms with Gasteiger partial charge in [0.05, 0.1) is 0 Å². The predicted molar refractivity (Wildman–Crippen MR) is 74.2 cm³/mol. The molecular weight excluding hydrogens is 224 g/mol. The van der Waals surface area contributed by atoms with E-state index in [0.29, 0.717) is 12.3 Å². The van der Waals surface area contributed by atoms with Crippen molar-refractivity contribution in [1.82, 2.24) is 10.6 Å². The van der Waals surface area contributed by atoms with E-state index in [9.17, 15) is 4.79 Å². The van der Waals surface area contributed by atoms with Gasteiger partial charge in [-0.1, -0.05) is 26.0 Å². The van der Waals surface area contributed by atoms with E-state index in [2.05, 4.69) is 36.6 Å². The molecule has 2 bridgehead atoms. The highest BCUT2D eigenvalue weighted by atomic mass is 16.1. The third-order valence-corrected chi connectivity index (χ3v) is 4.04. The molecule has 3 heteroatoms. The first-order chi connectivity index (χ1) is 8.65. The van der Waals surface area contributed by atoms with E-state index in [-0.39, 0.29) is 5.91 Å². The molecule has 3 atom stereocenters. The Morgan fingerprint density at radius 2 is 2.11 bits per heavy atom. The Morgan fingerprint density at radius 3 is 2.72 bits per heavy atom. The van der Waals surface area contributed by atoms with Crippen LogP contribution in [0.1, 0.15) is 33.1 Å². The Labute approximate surface area is 110 Å². The van der Waals surface area contributed by atoms with Gasteiger partial charge in [-0.25, -0.2) is 0 Å². The van der Waals surface area contributed by atoms with Crippen LogP contribution in [-0.2, 0) is 4.79 Å². The molecule has 2 aliphatic carbocycles. The summed E-state index contributed by atoms with van der Waals surface area (Å²) in [6.45, 7) is 6.89. The highest BCUT2D eigenvalue weighted by molar-refractivity contribution is 5.75. The van der Waals surface area contributed by atoms with Crippen molar-refractivity contribution in [2.75, 3.05) is 19.6 Å². The summed E-state index contributed by atoms with van der Waals surface area (Å²) in [7, 11) is 0. The molecule has 2 rings (SSSR count). The summed E-state index contributed by atoms with van der Waals surface area (Å²) in [4.78, 5) is 11.4. The monoisotopic (exact) mass is 250 g/mol. The minimum absolute atomic E-state index is 0.176. The van der Waals surface area contributed by atoms with Crippen LogP contribution in [0.3, 0.4) is 0 Å². The first-order valence-corrected chi connectivity index (χ1v) is 7.31. The summed E-state index contributed by atoms with van der Waals surface area (Å²) in [6, 6.07) is 0. The van der Waals surface area contributed by atoms with Gasteiger partial charge in [0.1, 0.15) is 0 Å². The molecule has 2 aliphatic rings. The normalized spacial score (nSPS) is 29.2. The molecule has 1 saturated carbocycles. The molecule has 0 aliphatic heterocycles. The maximum Gasteiger partial charge on any atom is 0.220 e. The number of hydrogen-bond acceptors (Lipinski definition) is 2.